The molecular weight excluding hydrogens is 298 g/mol. The highest BCUT2D eigenvalue weighted by molar-refractivity contribution is 5.95. The van der Waals surface area contributed by atoms with Crippen LogP contribution in [0.1, 0.15) is 42.1 Å². The number of hydrogen-bond donors (Lipinski definition) is 1. The van der Waals surface area contributed by atoms with Crippen molar-refractivity contribution in [1.82, 2.24) is 14.9 Å². The van der Waals surface area contributed by atoms with E-state index in [2.05, 4.69) is 9.97 Å². The van der Waals surface area contributed by atoms with E-state index in [4.69, 9.17) is 9.84 Å². The van der Waals surface area contributed by atoms with Gasteiger partial charge >= 0.3 is 5.97 Å². The van der Waals surface area contributed by atoms with Gasteiger partial charge in [0.25, 0.3) is 5.91 Å². The predicted molar refractivity (Wildman–Crippen MR) is 85.3 cm³/mol. The molecule has 1 N–H and O–H groups in total. The molecule has 0 aliphatic carbocycles. The summed E-state index contributed by atoms with van der Waals surface area (Å²) >= 11 is 0. The summed E-state index contributed by atoms with van der Waals surface area (Å²) in [6.07, 6.45) is 2.15. The van der Waals surface area contributed by atoms with Crippen molar-refractivity contribution in [1.29, 1.82) is 0 Å². The predicted octanol–water partition coefficient (Wildman–Crippen LogP) is 1.68. The fraction of sp³-hybridized carbons (Fsp3) is 0.625. The lowest BCUT2D eigenvalue weighted by Crippen LogP contribution is -2.38. The Morgan fingerprint density at radius 3 is 2.65 bits per heavy atom. The van der Waals surface area contributed by atoms with Gasteiger partial charge in [0.15, 0.2) is 0 Å². The lowest BCUT2D eigenvalue weighted by atomic mass is 10.1. The largest absolute Gasteiger partial charge is 0.481 e. The number of aromatic nitrogens is 2. The molecule has 0 bridgehead atoms. The maximum atomic E-state index is 12.7. The number of carbonyl (C=O) groups excluding carboxylic acids is 1. The molecule has 0 radical (unpaired) electrons. The smallest absolute Gasteiger partial charge is 0.308 e. The van der Waals surface area contributed by atoms with Gasteiger partial charge in [0.05, 0.1) is 17.2 Å². The van der Waals surface area contributed by atoms with Crippen molar-refractivity contribution in [2.45, 2.75) is 34.1 Å². The van der Waals surface area contributed by atoms with Gasteiger partial charge in [-0.05, 0) is 27.2 Å². The Morgan fingerprint density at radius 1 is 1.39 bits per heavy atom. The normalized spacial score (nSPS) is 12.0. The second-order valence-electron chi connectivity index (χ2n) is 5.46. The third-order valence-electron chi connectivity index (χ3n) is 3.45. The van der Waals surface area contributed by atoms with E-state index in [1.165, 1.54) is 6.20 Å². The number of amides is 1. The first kappa shape index (κ1) is 19.0. The minimum Gasteiger partial charge on any atom is -0.481 e. The number of aryl methyl sites for hydroxylation is 2. The molecule has 1 unspecified atom stereocenters. The van der Waals surface area contributed by atoms with Gasteiger partial charge < -0.3 is 14.7 Å². The van der Waals surface area contributed by atoms with Crippen molar-refractivity contribution in [3.8, 4) is 0 Å². The summed E-state index contributed by atoms with van der Waals surface area (Å²) in [5.41, 5.74) is 1.00. The molecule has 0 aliphatic heterocycles. The van der Waals surface area contributed by atoms with Crippen LogP contribution in [0.15, 0.2) is 6.20 Å². The van der Waals surface area contributed by atoms with Crippen LogP contribution in [0.5, 0.6) is 0 Å². The standard InChI is InChI=1S/C16H25N3O4/c1-5-23-8-6-7-19(10-11(2)16(21)22)15(20)14-9-17-13(4)18-12(14)3/h9,11H,5-8,10H2,1-4H3,(H,21,22). The Labute approximate surface area is 136 Å². The summed E-state index contributed by atoms with van der Waals surface area (Å²) < 4.78 is 5.28. The molecule has 1 atom stereocenters. The Morgan fingerprint density at radius 2 is 2.09 bits per heavy atom. The maximum absolute atomic E-state index is 12.7. The van der Waals surface area contributed by atoms with E-state index in [1.807, 2.05) is 6.92 Å². The summed E-state index contributed by atoms with van der Waals surface area (Å²) in [4.78, 5) is 33.6. The first-order valence-electron chi connectivity index (χ1n) is 7.76. The zero-order valence-corrected chi connectivity index (χ0v) is 14.2. The van der Waals surface area contributed by atoms with E-state index in [9.17, 15) is 9.59 Å². The zero-order chi connectivity index (χ0) is 17.4. The second kappa shape index (κ2) is 9.19. The highest BCUT2D eigenvalue weighted by atomic mass is 16.5. The lowest BCUT2D eigenvalue weighted by Gasteiger charge is -2.25. The van der Waals surface area contributed by atoms with Crippen LogP contribution in [0.4, 0.5) is 0 Å². The quantitative estimate of drug-likeness (QED) is 0.695. The SMILES string of the molecule is CCOCCCN(CC(C)C(=O)O)C(=O)c1cnc(C)nc1C. The van der Waals surface area contributed by atoms with E-state index in [-0.39, 0.29) is 12.5 Å². The molecule has 1 amide bonds. The minimum absolute atomic E-state index is 0.146. The zero-order valence-electron chi connectivity index (χ0n) is 14.2. The van der Waals surface area contributed by atoms with Crippen molar-refractivity contribution in [3.63, 3.8) is 0 Å². The summed E-state index contributed by atoms with van der Waals surface area (Å²) in [5.74, 6) is -1.21. The van der Waals surface area contributed by atoms with Crippen molar-refractivity contribution < 1.29 is 19.4 Å². The Bertz CT molecular complexity index is 548. The van der Waals surface area contributed by atoms with Crippen molar-refractivity contribution in [2.24, 2.45) is 5.92 Å². The van der Waals surface area contributed by atoms with Crippen LogP contribution < -0.4 is 0 Å². The fourth-order valence-corrected chi connectivity index (χ4v) is 2.15. The molecule has 0 saturated carbocycles. The molecule has 128 valence electrons. The van der Waals surface area contributed by atoms with Crippen LogP contribution in [-0.4, -0.2) is 58.2 Å². The number of ether oxygens (including phenoxy) is 1. The average molecular weight is 323 g/mol. The molecule has 1 rings (SSSR count). The van der Waals surface area contributed by atoms with E-state index in [0.717, 1.165) is 0 Å². The molecule has 1 heterocycles. The minimum atomic E-state index is -0.926. The number of nitrogens with zero attached hydrogens (tertiary/aromatic N) is 3. The molecule has 7 nitrogen and oxygen atoms in total. The highest BCUT2D eigenvalue weighted by Gasteiger charge is 2.23. The number of aliphatic carboxylic acids is 1. The van der Waals surface area contributed by atoms with Gasteiger partial charge in [-0.2, -0.15) is 0 Å². The van der Waals surface area contributed by atoms with Gasteiger partial charge in [0.2, 0.25) is 0 Å². The van der Waals surface area contributed by atoms with E-state index >= 15 is 0 Å². The summed E-state index contributed by atoms with van der Waals surface area (Å²) in [6, 6.07) is 0. The monoisotopic (exact) mass is 323 g/mol. The molecule has 0 aromatic carbocycles. The molecule has 0 fully saturated rings. The second-order valence-corrected chi connectivity index (χ2v) is 5.46. The number of hydrogen-bond acceptors (Lipinski definition) is 5. The van der Waals surface area contributed by atoms with Crippen molar-refractivity contribution in [2.75, 3.05) is 26.3 Å². The fourth-order valence-electron chi connectivity index (χ4n) is 2.15. The Kier molecular flexibility index (Phi) is 7.61. The van der Waals surface area contributed by atoms with E-state index in [0.29, 0.717) is 43.3 Å². The average Bonchev–Trinajstić information content (AvgIpc) is 2.49. The van der Waals surface area contributed by atoms with Gasteiger partial charge in [-0.25, -0.2) is 9.97 Å². The molecule has 0 spiro atoms. The van der Waals surface area contributed by atoms with Crippen molar-refractivity contribution >= 4 is 11.9 Å². The first-order valence-corrected chi connectivity index (χ1v) is 7.76. The summed E-state index contributed by atoms with van der Waals surface area (Å²) in [5, 5.41) is 9.10. The molecule has 0 saturated heterocycles. The lowest BCUT2D eigenvalue weighted by molar-refractivity contribution is -0.141. The maximum Gasteiger partial charge on any atom is 0.308 e. The third-order valence-corrected chi connectivity index (χ3v) is 3.45. The molecule has 7 heteroatoms. The number of carbonyl (C=O) groups is 2. The number of carboxylic acid groups (broad SMARTS) is 1. The van der Waals surface area contributed by atoms with E-state index < -0.39 is 11.9 Å². The number of carboxylic acids is 1. The van der Waals surface area contributed by atoms with Gasteiger partial charge in [-0.15, -0.1) is 0 Å². The number of rotatable bonds is 9. The first-order chi connectivity index (χ1) is 10.9. The van der Waals surface area contributed by atoms with Gasteiger partial charge in [-0.3, -0.25) is 9.59 Å². The molecule has 1 aromatic heterocycles. The van der Waals surface area contributed by atoms with Crippen LogP contribution in [0.2, 0.25) is 0 Å². The van der Waals surface area contributed by atoms with Gasteiger partial charge in [0, 0.05) is 32.5 Å². The van der Waals surface area contributed by atoms with Crippen LogP contribution in [0, 0.1) is 19.8 Å². The Balaban J connectivity index is 2.87. The summed E-state index contributed by atoms with van der Waals surface area (Å²) in [6.45, 7) is 8.73. The molecule has 23 heavy (non-hydrogen) atoms. The van der Waals surface area contributed by atoms with Crippen LogP contribution in [0.25, 0.3) is 0 Å². The van der Waals surface area contributed by atoms with Gasteiger partial charge in [-0.1, -0.05) is 6.92 Å². The van der Waals surface area contributed by atoms with E-state index in [1.54, 1.807) is 25.7 Å². The topological polar surface area (TPSA) is 92.6 Å². The van der Waals surface area contributed by atoms with Crippen LogP contribution in [-0.2, 0) is 9.53 Å². The van der Waals surface area contributed by atoms with Crippen LogP contribution >= 0.6 is 0 Å². The molecule has 0 aliphatic rings. The Hall–Kier alpha value is -2.02. The van der Waals surface area contributed by atoms with Crippen molar-refractivity contribution in [3.05, 3.63) is 23.3 Å². The molecular formula is C16H25N3O4. The highest BCUT2D eigenvalue weighted by Crippen LogP contribution is 2.11. The summed E-state index contributed by atoms with van der Waals surface area (Å²) in [7, 11) is 0. The van der Waals surface area contributed by atoms with Gasteiger partial charge in [0.1, 0.15) is 5.82 Å². The van der Waals surface area contributed by atoms with Crippen LogP contribution in [0.3, 0.4) is 0 Å². The third kappa shape index (κ3) is 5.94. The molecule has 1 aromatic rings.